The molecule has 3 nitrogen and oxygen atoms in total. The molecule has 1 saturated carbocycles. The lowest BCUT2D eigenvalue weighted by molar-refractivity contribution is -0.131. The van der Waals surface area contributed by atoms with Crippen LogP contribution in [0, 0.1) is 5.92 Å². The Morgan fingerprint density at radius 1 is 1.37 bits per heavy atom. The highest BCUT2D eigenvalue weighted by molar-refractivity contribution is 6.34. The fourth-order valence-corrected chi connectivity index (χ4v) is 2.84. The van der Waals surface area contributed by atoms with Gasteiger partial charge in [0, 0.05) is 36.1 Å². The van der Waals surface area contributed by atoms with Gasteiger partial charge in [-0.3, -0.25) is 4.79 Å². The highest BCUT2D eigenvalue weighted by Gasteiger charge is 2.45. The monoisotopic (exact) mass is 300 g/mol. The molecule has 0 heterocycles. The van der Waals surface area contributed by atoms with E-state index in [0.717, 1.165) is 25.1 Å². The van der Waals surface area contributed by atoms with Gasteiger partial charge in [-0.15, -0.1) is 0 Å². The van der Waals surface area contributed by atoms with Crippen LogP contribution in [0.3, 0.4) is 0 Å². The number of nitrogens with one attached hydrogen (secondary N) is 1. The van der Waals surface area contributed by atoms with Crippen molar-refractivity contribution in [2.45, 2.75) is 12.3 Å². The molecule has 1 aromatic carbocycles. The van der Waals surface area contributed by atoms with Gasteiger partial charge in [-0.1, -0.05) is 23.2 Å². The topological polar surface area (TPSA) is 32.3 Å². The maximum Gasteiger partial charge on any atom is 0.226 e. The summed E-state index contributed by atoms with van der Waals surface area (Å²) in [7, 11) is 3.73. The van der Waals surface area contributed by atoms with Gasteiger partial charge in [0.25, 0.3) is 0 Å². The van der Waals surface area contributed by atoms with Gasteiger partial charge in [0.2, 0.25) is 5.91 Å². The van der Waals surface area contributed by atoms with Gasteiger partial charge >= 0.3 is 0 Å². The van der Waals surface area contributed by atoms with Crippen molar-refractivity contribution in [3.63, 3.8) is 0 Å². The molecular formula is C14H18Cl2N2O. The lowest BCUT2D eigenvalue weighted by atomic mass is 10.1. The van der Waals surface area contributed by atoms with E-state index in [9.17, 15) is 4.79 Å². The molecule has 1 aromatic rings. The fourth-order valence-electron chi connectivity index (χ4n) is 2.30. The summed E-state index contributed by atoms with van der Waals surface area (Å²) in [5, 5.41) is 4.30. The summed E-state index contributed by atoms with van der Waals surface area (Å²) >= 11 is 12.0. The van der Waals surface area contributed by atoms with Gasteiger partial charge in [0.15, 0.2) is 0 Å². The van der Waals surface area contributed by atoms with E-state index in [0.29, 0.717) is 10.0 Å². The van der Waals surface area contributed by atoms with Crippen molar-refractivity contribution in [2.75, 3.05) is 27.2 Å². The Kier molecular flexibility index (Phi) is 4.71. The van der Waals surface area contributed by atoms with Crippen molar-refractivity contribution in [1.29, 1.82) is 0 Å². The van der Waals surface area contributed by atoms with Crippen LogP contribution in [0.15, 0.2) is 18.2 Å². The molecule has 0 radical (unpaired) electrons. The number of hydrogen-bond acceptors (Lipinski definition) is 2. The van der Waals surface area contributed by atoms with Gasteiger partial charge < -0.3 is 10.2 Å². The molecule has 1 N–H and O–H groups in total. The van der Waals surface area contributed by atoms with Gasteiger partial charge in [-0.2, -0.15) is 0 Å². The lowest BCUT2D eigenvalue weighted by Gasteiger charge is -2.17. The third-order valence-electron chi connectivity index (χ3n) is 3.49. The van der Waals surface area contributed by atoms with Crippen molar-refractivity contribution < 1.29 is 4.79 Å². The molecule has 1 fully saturated rings. The van der Waals surface area contributed by atoms with E-state index in [4.69, 9.17) is 23.2 Å². The number of carbonyl (C=O) groups excluding carboxylic acids is 1. The first-order valence-corrected chi connectivity index (χ1v) is 7.14. The first-order chi connectivity index (χ1) is 9.02. The van der Waals surface area contributed by atoms with E-state index < -0.39 is 0 Å². The molecule has 104 valence electrons. The molecule has 5 heteroatoms. The number of hydrogen-bond donors (Lipinski definition) is 1. The normalized spacial score (nSPS) is 21.3. The molecule has 2 unspecified atom stereocenters. The summed E-state index contributed by atoms with van der Waals surface area (Å²) in [6.07, 6.45) is 0.888. The largest absolute Gasteiger partial charge is 0.344 e. The number of amides is 1. The number of halogens is 2. The smallest absolute Gasteiger partial charge is 0.226 e. The predicted molar refractivity (Wildman–Crippen MR) is 78.9 cm³/mol. The lowest BCUT2D eigenvalue weighted by Crippen LogP contribution is -2.34. The highest BCUT2D eigenvalue weighted by Crippen LogP contribution is 2.49. The van der Waals surface area contributed by atoms with Crippen LogP contribution in [-0.4, -0.2) is 38.0 Å². The minimum Gasteiger partial charge on any atom is -0.344 e. The van der Waals surface area contributed by atoms with Crippen molar-refractivity contribution in [3.05, 3.63) is 33.8 Å². The summed E-state index contributed by atoms with van der Waals surface area (Å²) in [6, 6.07) is 5.52. The molecular weight excluding hydrogens is 283 g/mol. The van der Waals surface area contributed by atoms with Crippen LogP contribution in [0.4, 0.5) is 0 Å². The van der Waals surface area contributed by atoms with Crippen LogP contribution >= 0.6 is 23.2 Å². The number of nitrogens with zero attached hydrogens (tertiary/aromatic N) is 1. The first kappa shape index (κ1) is 14.6. The maximum atomic E-state index is 12.2. The third kappa shape index (κ3) is 3.62. The van der Waals surface area contributed by atoms with Gasteiger partial charge in [-0.25, -0.2) is 0 Å². The van der Waals surface area contributed by atoms with E-state index in [1.54, 1.807) is 11.0 Å². The molecule has 19 heavy (non-hydrogen) atoms. The quantitative estimate of drug-likeness (QED) is 0.907. The van der Waals surface area contributed by atoms with E-state index in [2.05, 4.69) is 5.32 Å². The van der Waals surface area contributed by atoms with E-state index in [1.165, 1.54) is 0 Å². The summed E-state index contributed by atoms with van der Waals surface area (Å²) < 4.78 is 0. The highest BCUT2D eigenvalue weighted by atomic mass is 35.5. The second kappa shape index (κ2) is 6.12. The Balaban J connectivity index is 1.98. The molecule has 1 aliphatic rings. The van der Waals surface area contributed by atoms with Crippen LogP contribution < -0.4 is 5.32 Å². The molecule has 0 saturated heterocycles. The van der Waals surface area contributed by atoms with E-state index in [-0.39, 0.29) is 17.7 Å². The minimum atomic E-state index is 0.0800. The first-order valence-electron chi connectivity index (χ1n) is 6.38. The second-order valence-corrected chi connectivity index (χ2v) is 5.89. The van der Waals surface area contributed by atoms with Gasteiger partial charge in [0.05, 0.1) is 0 Å². The van der Waals surface area contributed by atoms with Crippen molar-refractivity contribution in [2.24, 2.45) is 5.92 Å². The van der Waals surface area contributed by atoms with Gasteiger partial charge in [-0.05, 0) is 43.1 Å². The Hall–Kier alpha value is -0.770. The zero-order valence-corrected chi connectivity index (χ0v) is 12.6. The van der Waals surface area contributed by atoms with Crippen molar-refractivity contribution in [3.8, 4) is 0 Å². The van der Waals surface area contributed by atoms with E-state index >= 15 is 0 Å². The van der Waals surface area contributed by atoms with Gasteiger partial charge in [0.1, 0.15) is 0 Å². The van der Waals surface area contributed by atoms with Crippen LogP contribution in [0.5, 0.6) is 0 Å². The second-order valence-electron chi connectivity index (χ2n) is 5.01. The zero-order chi connectivity index (χ0) is 14.0. The molecule has 2 rings (SSSR count). The Morgan fingerprint density at radius 2 is 2.00 bits per heavy atom. The Morgan fingerprint density at radius 3 is 2.58 bits per heavy atom. The standard InChI is InChI=1S/C14H18Cl2N2O/c1-17-3-4-18(2)14(19)13-8-12(13)9-5-10(15)7-11(16)6-9/h5-7,12-13,17H,3-4,8H2,1-2H3. The number of carbonyl (C=O) groups is 1. The zero-order valence-electron chi connectivity index (χ0n) is 11.1. The Bertz CT molecular complexity index is 458. The SMILES string of the molecule is CNCCN(C)C(=O)C1CC1c1cc(Cl)cc(Cl)c1. The maximum absolute atomic E-state index is 12.2. The number of benzene rings is 1. The summed E-state index contributed by atoms with van der Waals surface area (Å²) in [4.78, 5) is 14.0. The average Bonchev–Trinajstić information content (AvgIpc) is 3.14. The predicted octanol–water partition coefficient (Wildman–Crippen LogP) is 2.77. The Labute approximate surface area is 123 Å². The van der Waals surface area contributed by atoms with Crippen LogP contribution in [0.1, 0.15) is 17.9 Å². The van der Waals surface area contributed by atoms with Crippen LogP contribution in [0.2, 0.25) is 10.0 Å². The fraction of sp³-hybridized carbons (Fsp3) is 0.500. The van der Waals surface area contributed by atoms with E-state index in [1.807, 2.05) is 26.2 Å². The summed E-state index contributed by atoms with van der Waals surface area (Å²) in [6.45, 7) is 1.54. The molecule has 0 bridgehead atoms. The molecule has 1 amide bonds. The molecule has 2 atom stereocenters. The van der Waals surface area contributed by atoms with Crippen LogP contribution in [0.25, 0.3) is 0 Å². The molecule has 0 spiro atoms. The molecule has 1 aliphatic carbocycles. The number of likely N-dealkylation sites (N-methyl/N-ethyl adjacent to an activating group) is 2. The van der Waals surface area contributed by atoms with Crippen molar-refractivity contribution >= 4 is 29.1 Å². The summed E-state index contributed by atoms with van der Waals surface area (Å²) in [5.41, 5.74) is 1.07. The molecule has 0 aliphatic heterocycles. The average molecular weight is 301 g/mol. The molecule has 0 aromatic heterocycles. The minimum absolute atomic E-state index is 0.0800. The van der Waals surface area contributed by atoms with Crippen molar-refractivity contribution in [1.82, 2.24) is 10.2 Å². The number of rotatable bonds is 5. The van der Waals surface area contributed by atoms with Crippen LogP contribution in [-0.2, 0) is 4.79 Å². The third-order valence-corrected chi connectivity index (χ3v) is 3.93. The summed E-state index contributed by atoms with van der Waals surface area (Å²) in [5.74, 6) is 0.550.